The highest BCUT2D eigenvalue weighted by Gasteiger charge is 2.32. The Kier molecular flexibility index (Phi) is 9.10. The highest BCUT2D eigenvalue weighted by molar-refractivity contribution is 8.00. The molecule has 1 saturated heterocycles. The van der Waals surface area contributed by atoms with E-state index in [1.807, 2.05) is 7.05 Å². The molecule has 0 aromatic rings. The second-order valence-electron chi connectivity index (χ2n) is 5.29. The summed E-state index contributed by atoms with van der Waals surface area (Å²) in [4.78, 5) is 4.32. The van der Waals surface area contributed by atoms with E-state index in [1.165, 1.54) is 19.3 Å². The van der Waals surface area contributed by atoms with Crippen molar-refractivity contribution in [1.82, 2.24) is 10.6 Å². The zero-order valence-corrected chi connectivity index (χ0v) is 14.2. The maximum Gasteiger partial charge on any atom is 0.191 e. The molecule has 0 aromatic carbocycles. The lowest BCUT2D eigenvalue weighted by Crippen LogP contribution is -2.48. The van der Waals surface area contributed by atoms with Gasteiger partial charge in [-0.25, -0.2) is 0 Å². The molecule has 0 atom stereocenters. The number of hydrogen-bond donors (Lipinski definition) is 2. The van der Waals surface area contributed by atoms with Crippen molar-refractivity contribution >= 4 is 17.7 Å². The van der Waals surface area contributed by atoms with Crippen LogP contribution in [0.1, 0.15) is 46.0 Å². The number of hydrogen-bond acceptors (Lipinski definition) is 3. The molecule has 0 aliphatic carbocycles. The van der Waals surface area contributed by atoms with E-state index in [0.29, 0.717) is 4.75 Å². The van der Waals surface area contributed by atoms with Gasteiger partial charge in [-0.3, -0.25) is 4.99 Å². The van der Waals surface area contributed by atoms with Crippen LogP contribution in [0.5, 0.6) is 0 Å². The van der Waals surface area contributed by atoms with Crippen LogP contribution < -0.4 is 10.6 Å². The van der Waals surface area contributed by atoms with Gasteiger partial charge >= 0.3 is 0 Å². The van der Waals surface area contributed by atoms with Crippen LogP contribution in [0.2, 0.25) is 0 Å². The van der Waals surface area contributed by atoms with Crippen LogP contribution in [0.25, 0.3) is 0 Å². The minimum Gasteiger partial charge on any atom is -0.381 e. The summed E-state index contributed by atoms with van der Waals surface area (Å²) in [5.74, 6) is 2.09. The summed E-state index contributed by atoms with van der Waals surface area (Å²) >= 11 is 2.06. The Morgan fingerprint density at radius 1 is 1.20 bits per heavy atom. The van der Waals surface area contributed by atoms with Crippen molar-refractivity contribution in [2.75, 3.05) is 39.1 Å². The number of guanidine groups is 1. The molecule has 0 amide bonds. The Labute approximate surface area is 128 Å². The molecule has 0 radical (unpaired) electrons. The van der Waals surface area contributed by atoms with Crippen molar-refractivity contribution in [3.05, 3.63) is 0 Å². The first-order chi connectivity index (χ1) is 9.76. The smallest absolute Gasteiger partial charge is 0.191 e. The van der Waals surface area contributed by atoms with Crippen molar-refractivity contribution < 1.29 is 4.74 Å². The first kappa shape index (κ1) is 17.6. The average molecular weight is 302 g/mol. The van der Waals surface area contributed by atoms with Crippen molar-refractivity contribution in [3.63, 3.8) is 0 Å². The number of aliphatic imine (C=N–C) groups is 1. The molecule has 4 nitrogen and oxygen atoms in total. The molecule has 0 unspecified atom stereocenters. The minimum absolute atomic E-state index is 0.314. The van der Waals surface area contributed by atoms with E-state index in [1.54, 1.807) is 0 Å². The fourth-order valence-electron chi connectivity index (χ4n) is 2.47. The molecule has 20 heavy (non-hydrogen) atoms. The highest BCUT2D eigenvalue weighted by Crippen LogP contribution is 2.34. The monoisotopic (exact) mass is 301 g/mol. The Balaban J connectivity index is 2.36. The molecule has 1 aliphatic heterocycles. The van der Waals surface area contributed by atoms with Crippen LogP contribution in [0.3, 0.4) is 0 Å². The van der Waals surface area contributed by atoms with Crippen molar-refractivity contribution in [3.8, 4) is 0 Å². The van der Waals surface area contributed by atoms with Gasteiger partial charge in [-0.15, -0.1) is 0 Å². The Morgan fingerprint density at radius 3 is 2.55 bits per heavy atom. The third kappa shape index (κ3) is 6.35. The lowest BCUT2D eigenvalue weighted by atomic mass is 9.99. The van der Waals surface area contributed by atoms with Gasteiger partial charge < -0.3 is 15.4 Å². The largest absolute Gasteiger partial charge is 0.381 e. The SMILES string of the molecule is CCCCCNC(=NC)NCC1(SCC)CCOCC1. The molecule has 1 fully saturated rings. The summed E-state index contributed by atoms with van der Waals surface area (Å²) in [6.45, 7) is 8.21. The molecule has 5 heteroatoms. The number of nitrogens with zero attached hydrogens (tertiary/aromatic N) is 1. The maximum absolute atomic E-state index is 5.51. The van der Waals surface area contributed by atoms with Gasteiger partial charge in [0.2, 0.25) is 0 Å². The zero-order valence-electron chi connectivity index (χ0n) is 13.3. The molecular weight excluding hydrogens is 270 g/mol. The Bertz CT molecular complexity index is 273. The van der Waals surface area contributed by atoms with Crippen molar-refractivity contribution in [2.24, 2.45) is 4.99 Å². The predicted molar refractivity (Wildman–Crippen MR) is 89.8 cm³/mol. The Hall–Kier alpha value is -0.420. The van der Waals surface area contributed by atoms with Crippen LogP contribution in [-0.2, 0) is 4.74 Å². The van der Waals surface area contributed by atoms with E-state index in [4.69, 9.17) is 4.74 Å². The predicted octanol–water partition coefficient (Wildman–Crippen LogP) is 2.64. The van der Waals surface area contributed by atoms with Crippen molar-refractivity contribution in [1.29, 1.82) is 0 Å². The molecule has 1 rings (SSSR count). The van der Waals surface area contributed by atoms with Gasteiger partial charge in [0.25, 0.3) is 0 Å². The van der Waals surface area contributed by atoms with Crippen LogP contribution in [0, 0.1) is 0 Å². The Morgan fingerprint density at radius 2 is 1.95 bits per heavy atom. The molecule has 118 valence electrons. The van der Waals surface area contributed by atoms with E-state index >= 15 is 0 Å². The van der Waals surface area contributed by atoms with Gasteiger partial charge in [-0.05, 0) is 25.0 Å². The van der Waals surface area contributed by atoms with E-state index in [9.17, 15) is 0 Å². The topological polar surface area (TPSA) is 45.7 Å². The second kappa shape index (κ2) is 10.3. The molecule has 2 N–H and O–H groups in total. The van der Waals surface area contributed by atoms with Crippen LogP contribution >= 0.6 is 11.8 Å². The lowest BCUT2D eigenvalue weighted by Gasteiger charge is -2.37. The van der Waals surface area contributed by atoms with E-state index in [2.05, 4.69) is 41.2 Å². The highest BCUT2D eigenvalue weighted by atomic mass is 32.2. The molecule has 1 aliphatic rings. The number of rotatable bonds is 8. The first-order valence-corrected chi connectivity index (χ1v) is 8.91. The third-order valence-corrected chi connectivity index (χ3v) is 5.18. The zero-order chi connectivity index (χ0) is 14.7. The molecule has 0 bridgehead atoms. The van der Waals surface area contributed by atoms with Gasteiger partial charge in [0.15, 0.2) is 5.96 Å². The average Bonchev–Trinajstić information content (AvgIpc) is 2.48. The fourth-order valence-corrected chi connectivity index (χ4v) is 3.71. The number of thioether (sulfide) groups is 1. The van der Waals surface area contributed by atoms with Crippen LogP contribution in [-0.4, -0.2) is 49.8 Å². The van der Waals surface area contributed by atoms with E-state index < -0.39 is 0 Å². The second-order valence-corrected chi connectivity index (χ2v) is 7.02. The van der Waals surface area contributed by atoms with E-state index in [-0.39, 0.29) is 0 Å². The standard InChI is InChI=1S/C15H31N3OS/c1-4-6-7-10-17-14(16-3)18-13-15(20-5-2)8-11-19-12-9-15/h4-13H2,1-3H3,(H2,16,17,18). The molecule has 0 aromatic heterocycles. The summed E-state index contributed by atoms with van der Waals surface area (Å²) in [5.41, 5.74) is 0. The van der Waals surface area contributed by atoms with Crippen molar-refractivity contribution in [2.45, 2.75) is 50.7 Å². The van der Waals surface area contributed by atoms with E-state index in [0.717, 1.165) is 50.9 Å². The number of unbranched alkanes of at least 4 members (excludes halogenated alkanes) is 2. The summed E-state index contributed by atoms with van der Waals surface area (Å²) < 4.78 is 5.82. The quantitative estimate of drug-likeness (QED) is 0.411. The normalized spacial score (nSPS) is 18.9. The summed E-state index contributed by atoms with van der Waals surface area (Å²) in [6, 6.07) is 0. The van der Waals surface area contributed by atoms with Gasteiger partial charge in [0, 0.05) is 38.1 Å². The van der Waals surface area contributed by atoms with Gasteiger partial charge in [-0.2, -0.15) is 11.8 Å². The molecule has 0 spiro atoms. The fraction of sp³-hybridized carbons (Fsp3) is 0.933. The van der Waals surface area contributed by atoms with Crippen LogP contribution in [0.15, 0.2) is 4.99 Å². The molecular formula is C15H31N3OS. The molecule has 1 heterocycles. The summed E-state index contributed by atoms with van der Waals surface area (Å²) in [6.07, 6.45) is 6.00. The van der Waals surface area contributed by atoms with Gasteiger partial charge in [-0.1, -0.05) is 26.7 Å². The van der Waals surface area contributed by atoms with Gasteiger partial charge in [0.1, 0.15) is 0 Å². The summed E-state index contributed by atoms with van der Waals surface area (Å²) in [7, 11) is 1.85. The molecule has 0 saturated carbocycles. The first-order valence-electron chi connectivity index (χ1n) is 7.92. The number of ether oxygens (including phenoxy) is 1. The van der Waals surface area contributed by atoms with Crippen LogP contribution in [0.4, 0.5) is 0 Å². The minimum atomic E-state index is 0.314. The van der Waals surface area contributed by atoms with Gasteiger partial charge in [0.05, 0.1) is 0 Å². The number of nitrogens with one attached hydrogen (secondary N) is 2. The third-order valence-electron chi connectivity index (χ3n) is 3.73. The summed E-state index contributed by atoms with van der Waals surface area (Å²) in [5, 5.41) is 6.91. The maximum atomic E-state index is 5.51. The lowest BCUT2D eigenvalue weighted by molar-refractivity contribution is 0.0782.